The molecule has 12 heteroatoms. The highest BCUT2D eigenvalue weighted by atomic mass is 32.2. The number of rotatable bonds is 8. The number of ether oxygens (including phenoxy) is 1. The Balaban J connectivity index is 1.66. The smallest absolute Gasteiger partial charge is 0.323 e. The lowest BCUT2D eigenvalue weighted by Gasteiger charge is -2.36. The number of nitrogens with zero attached hydrogens (tertiary/aromatic N) is 1. The number of carbonyl (C=O) groups excluding carboxylic acids is 1. The van der Waals surface area contributed by atoms with E-state index in [1.807, 2.05) is 0 Å². The van der Waals surface area contributed by atoms with E-state index >= 15 is 0 Å². The number of fused-ring (bicyclic) bond motifs is 1. The maximum atomic E-state index is 14.5. The number of carbonyl (C=O) groups is 2. The summed E-state index contributed by atoms with van der Waals surface area (Å²) in [7, 11) is -4.09. The SMILES string of the molecule is Cc1cccc(S(=O)(=O)N2C[C@H](CCNC(=O)NCC(=O)O)Oc3ccc(-c4cc(F)ccc4F)cc32)c1. The number of benzene rings is 3. The first-order valence-electron chi connectivity index (χ1n) is 11.6. The standard InChI is InChI=1S/C26H25F2N3O6S/c1-16-3-2-4-20(11-16)38(35,36)31-15-19(9-10-29-26(34)30-14-25(32)33)37-24-8-5-17(12-23(24)31)21-13-18(27)6-7-22(21)28/h2-8,11-13,19H,9-10,14-15H2,1H3,(H,32,33)(H2,29,30,34)/t19-/m0/s1. The largest absolute Gasteiger partial charge is 0.486 e. The van der Waals surface area contributed by atoms with E-state index in [2.05, 4.69) is 10.6 Å². The minimum atomic E-state index is -4.09. The van der Waals surface area contributed by atoms with E-state index in [1.165, 1.54) is 30.3 Å². The first-order valence-corrected chi connectivity index (χ1v) is 13.1. The number of amides is 2. The molecule has 0 bridgehead atoms. The van der Waals surface area contributed by atoms with Crippen LogP contribution in [0.3, 0.4) is 0 Å². The molecule has 0 unspecified atom stereocenters. The van der Waals surface area contributed by atoms with Crippen LogP contribution in [0, 0.1) is 18.6 Å². The van der Waals surface area contributed by atoms with Gasteiger partial charge in [0.05, 0.1) is 17.1 Å². The average Bonchev–Trinajstić information content (AvgIpc) is 2.88. The first kappa shape index (κ1) is 26.9. The molecule has 0 spiro atoms. The third kappa shape index (κ3) is 6.02. The highest BCUT2D eigenvalue weighted by Gasteiger charge is 2.35. The van der Waals surface area contributed by atoms with Gasteiger partial charge in [-0.3, -0.25) is 9.10 Å². The van der Waals surface area contributed by atoms with Crippen molar-refractivity contribution in [3.05, 3.63) is 77.9 Å². The molecular weight excluding hydrogens is 520 g/mol. The summed E-state index contributed by atoms with van der Waals surface area (Å²) in [5.41, 5.74) is 1.14. The number of carboxylic acid groups (broad SMARTS) is 1. The summed E-state index contributed by atoms with van der Waals surface area (Å²) in [4.78, 5) is 22.4. The lowest BCUT2D eigenvalue weighted by atomic mass is 10.0. The fourth-order valence-electron chi connectivity index (χ4n) is 4.04. The number of aliphatic carboxylic acids is 1. The molecule has 0 fully saturated rings. The second-order valence-corrected chi connectivity index (χ2v) is 10.6. The third-order valence-electron chi connectivity index (χ3n) is 5.86. The number of sulfonamides is 1. The van der Waals surface area contributed by atoms with Crippen molar-refractivity contribution in [3.63, 3.8) is 0 Å². The van der Waals surface area contributed by atoms with E-state index in [9.17, 15) is 26.8 Å². The van der Waals surface area contributed by atoms with Crippen molar-refractivity contribution in [1.29, 1.82) is 0 Å². The average molecular weight is 546 g/mol. The highest BCUT2D eigenvalue weighted by Crippen LogP contribution is 2.41. The Labute approximate surface area is 218 Å². The molecule has 38 heavy (non-hydrogen) atoms. The van der Waals surface area contributed by atoms with Crippen LogP contribution in [-0.4, -0.2) is 51.3 Å². The third-order valence-corrected chi connectivity index (χ3v) is 7.64. The molecular formula is C26H25F2N3O6S. The van der Waals surface area contributed by atoms with Crippen LogP contribution in [0.4, 0.5) is 19.3 Å². The minimum absolute atomic E-state index is 0.0283. The van der Waals surface area contributed by atoms with Gasteiger partial charge in [0.25, 0.3) is 10.0 Å². The quantitative estimate of drug-likeness (QED) is 0.397. The van der Waals surface area contributed by atoms with E-state index < -0.39 is 46.3 Å². The van der Waals surface area contributed by atoms with E-state index in [-0.39, 0.29) is 47.0 Å². The summed E-state index contributed by atoms with van der Waals surface area (Å²) in [6, 6.07) is 13.2. The van der Waals surface area contributed by atoms with E-state index in [4.69, 9.17) is 9.84 Å². The Morgan fingerprint density at radius 3 is 2.61 bits per heavy atom. The zero-order valence-electron chi connectivity index (χ0n) is 20.3. The van der Waals surface area contributed by atoms with Crippen molar-refractivity contribution >= 4 is 27.7 Å². The molecule has 0 saturated carbocycles. The molecule has 3 N–H and O–H groups in total. The van der Waals surface area contributed by atoms with Crippen LogP contribution in [0.1, 0.15) is 12.0 Å². The van der Waals surface area contributed by atoms with Gasteiger partial charge >= 0.3 is 12.0 Å². The van der Waals surface area contributed by atoms with Gasteiger partial charge in [0.2, 0.25) is 0 Å². The fraction of sp³-hybridized carbons (Fsp3) is 0.231. The predicted octanol–water partition coefficient (Wildman–Crippen LogP) is 3.67. The van der Waals surface area contributed by atoms with Gasteiger partial charge in [0.15, 0.2) is 0 Å². The fourth-order valence-corrected chi connectivity index (χ4v) is 5.65. The van der Waals surface area contributed by atoms with Crippen molar-refractivity contribution < 1.29 is 36.6 Å². The topological polar surface area (TPSA) is 125 Å². The van der Waals surface area contributed by atoms with Gasteiger partial charge in [-0.15, -0.1) is 0 Å². The van der Waals surface area contributed by atoms with E-state index in [0.29, 0.717) is 0 Å². The van der Waals surface area contributed by atoms with Crippen LogP contribution < -0.4 is 19.7 Å². The van der Waals surface area contributed by atoms with Crippen LogP contribution >= 0.6 is 0 Å². The number of urea groups is 1. The second kappa shape index (κ2) is 11.1. The van der Waals surface area contributed by atoms with E-state index in [0.717, 1.165) is 28.1 Å². The molecule has 200 valence electrons. The molecule has 0 aliphatic carbocycles. The Morgan fingerprint density at radius 1 is 1.08 bits per heavy atom. The number of hydrogen-bond donors (Lipinski definition) is 3. The van der Waals surface area contributed by atoms with Crippen LogP contribution in [0.25, 0.3) is 11.1 Å². The van der Waals surface area contributed by atoms with Gasteiger partial charge in [0, 0.05) is 18.5 Å². The number of hydrogen-bond acceptors (Lipinski definition) is 5. The predicted molar refractivity (Wildman–Crippen MR) is 136 cm³/mol. The molecule has 4 rings (SSSR count). The van der Waals surface area contributed by atoms with Crippen LogP contribution in [0.5, 0.6) is 5.75 Å². The van der Waals surface area contributed by atoms with Gasteiger partial charge in [-0.1, -0.05) is 18.2 Å². The molecule has 2 amide bonds. The van der Waals surface area contributed by atoms with Gasteiger partial charge in [-0.25, -0.2) is 22.0 Å². The van der Waals surface area contributed by atoms with Gasteiger partial charge in [-0.2, -0.15) is 0 Å². The molecule has 1 heterocycles. The van der Waals surface area contributed by atoms with E-state index in [1.54, 1.807) is 19.1 Å². The number of aryl methyl sites for hydroxylation is 1. The van der Waals surface area contributed by atoms with Gasteiger partial charge < -0.3 is 20.5 Å². The molecule has 1 aliphatic heterocycles. The Morgan fingerprint density at radius 2 is 1.87 bits per heavy atom. The van der Waals surface area contributed by atoms with Crippen LogP contribution in [0.15, 0.2) is 65.6 Å². The summed E-state index contributed by atoms with van der Waals surface area (Å²) >= 11 is 0. The lowest BCUT2D eigenvalue weighted by Crippen LogP contribution is -2.45. The van der Waals surface area contributed by atoms with Crippen molar-refractivity contribution in [3.8, 4) is 16.9 Å². The Bertz CT molecular complexity index is 1480. The van der Waals surface area contributed by atoms with Crippen molar-refractivity contribution in [2.24, 2.45) is 0 Å². The first-order chi connectivity index (χ1) is 18.0. The van der Waals surface area contributed by atoms with Crippen molar-refractivity contribution in [1.82, 2.24) is 10.6 Å². The molecule has 9 nitrogen and oxygen atoms in total. The van der Waals surface area contributed by atoms with Crippen molar-refractivity contribution in [2.45, 2.75) is 24.3 Å². The van der Waals surface area contributed by atoms with Crippen LogP contribution in [-0.2, 0) is 14.8 Å². The molecule has 3 aromatic rings. The second-order valence-electron chi connectivity index (χ2n) is 8.69. The zero-order valence-corrected chi connectivity index (χ0v) is 21.1. The maximum absolute atomic E-state index is 14.5. The molecule has 0 aromatic heterocycles. The highest BCUT2D eigenvalue weighted by molar-refractivity contribution is 7.92. The van der Waals surface area contributed by atoms with Gasteiger partial charge in [0.1, 0.15) is 30.0 Å². The summed E-state index contributed by atoms with van der Waals surface area (Å²) in [5, 5.41) is 13.3. The maximum Gasteiger partial charge on any atom is 0.323 e. The number of nitrogens with one attached hydrogen (secondary N) is 2. The summed E-state index contributed by atoms with van der Waals surface area (Å²) in [6.45, 7) is 1.18. The Hall–Kier alpha value is -4.19. The van der Waals surface area contributed by atoms with Crippen LogP contribution in [0.2, 0.25) is 0 Å². The lowest BCUT2D eigenvalue weighted by molar-refractivity contribution is -0.135. The number of halogens is 2. The zero-order chi connectivity index (χ0) is 27.4. The molecule has 0 saturated heterocycles. The minimum Gasteiger partial charge on any atom is -0.486 e. The normalized spacial score (nSPS) is 14.8. The van der Waals surface area contributed by atoms with Crippen molar-refractivity contribution in [2.75, 3.05) is 23.9 Å². The monoisotopic (exact) mass is 545 g/mol. The molecule has 3 aromatic carbocycles. The molecule has 1 aliphatic rings. The summed E-state index contributed by atoms with van der Waals surface area (Å²) < 4.78 is 63.0. The van der Waals surface area contributed by atoms with Gasteiger partial charge in [-0.05, 0) is 60.5 Å². The molecule has 0 radical (unpaired) electrons. The summed E-state index contributed by atoms with van der Waals surface area (Å²) in [5.74, 6) is -2.28. The number of carboxylic acids is 1. The molecule has 1 atom stereocenters. The summed E-state index contributed by atoms with van der Waals surface area (Å²) in [6.07, 6.45) is -0.460. The Kier molecular flexibility index (Phi) is 7.81. The number of anilines is 1.